The molecule has 0 saturated carbocycles. The first-order valence-electron chi connectivity index (χ1n) is 6.71. The van der Waals surface area contributed by atoms with Crippen LogP contribution in [0.3, 0.4) is 0 Å². The van der Waals surface area contributed by atoms with Crippen molar-refractivity contribution in [3.8, 4) is 0 Å². The molecule has 2 rings (SSSR count). The molecule has 0 aliphatic carbocycles. The second-order valence-electron chi connectivity index (χ2n) is 5.09. The van der Waals surface area contributed by atoms with E-state index in [0.717, 1.165) is 18.9 Å². The van der Waals surface area contributed by atoms with Crippen LogP contribution in [0.5, 0.6) is 0 Å². The fraction of sp³-hybridized carbons (Fsp3) is 0.500. The van der Waals surface area contributed by atoms with Gasteiger partial charge in [-0.1, -0.05) is 11.6 Å². The van der Waals surface area contributed by atoms with Crippen LogP contribution in [0.4, 0.5) is 18.9 Å². The third-order valence-electron chi connectivity index (χ3n) is 3.44. The summed E-state index contributed by atoms with van der Waals surface area (Å²) in [5.74, 6) is -0.101. The van der Waals surface area contributed by atoms with E-state index in [4.69, 9.17) is 11.6 Å². The normalized spacial score (nSPS) is 16.9. The Morgan fingerprint density at radius 1 is 1.33 bits per heavy atom. The van der Waals surface area contributed by atoms with E-state index in [1.807, 2.05) is 0 Å². The van der Waals surface area contributed by atoms with Crippen LogP contribution in [-0.2, 0) is 11.0 Å². The molecule has 1 aliphatic heterocycles. The van der Waals surface area contributed by atoms with Gasteiger partial charge in [-0.2, -0.15) is 13.2 Å². The summed E-state index contributed by atoms with van der Waals surface area (Å²) >= 11 is 5.56. The quantitative estimate of drug-likeness (QED) is 0.919. The molecule has 1 N–H and O–H groups in total. The van der Waals surface area contributed by atoms with Gasteiger partial charge in [-0.3, -0.25) is 4.79 Å². The summed E-state index contributed by atoms with van der Waals surface area (Å²) in [4.78, 5) is 13.8. The van der Waals surface area contributed by atoms with Gasteiger partial charge in [0.15, 0.2) is 0 Å². The van der Waals surface area contributed by atoms with Crippen LogP contribution in [0.15, 0.2) is 18.2 Å². The van der Waals surface area contributed by atoms with Gasteiger partial charge < -0.3 is 10.2 Å². The summed E-state index contributed by atoms with van der Waals surface area (Å²) in [6.45, 7) is 3.06. The number of anilines is 1. The number of hydrogen-bond donors (Lipinski definition) is 1. The van der Waals surface area contributed by atoms with Crippen LogP contribution in [0, 0.1) is 0 Å². The minimum absolute atomic E-state index is 0.101. The molecule has 1 aromatic rings. The molecule has 1 atom stereocenters. The number of amides is 1. The number of nitrogens with one attached hydrogen (secondary N) is 1. The Kier molecular flexibility index (Phi) is 4.66. The summed E-state index contributed by atoms with van der Waals surface area (Å²) in [7, 11) is 0. The average Bonchev–Trinajstić information content (AvgIpc) is 2.92. The van der Waals surface area contributed by atoms with Gasteiger partial charge in [0, 0.05) is 18.8 Å². The number of alkyl halides is 3. The Hall–Kier alpha value is -1.43. The SMILES string of the molecule is CC(Nc1ccc(Cl)c(C(F)(F)F)c1)C(=O)N1CCCC1. The Bertz CT molecular complexity index is 527. The fourth-order valence-corrected chi connectivity index (χ4v) is 2.58. The molecular formula is C14H16ClF3N2O. The van der Waals surface area contributed by atoms with Crippen LogP contribution in [0.1, 0.15) is 25.3 Å². The van der Waals surface area contributed by atoms with Gasteiger partial charge in [0.1, 0.15) is 6.04 Å². The zero-order valence-corrected chi connectivity index (χ0v) is 12.3. The smallest absolute Gasteiger partial charge is 0.374 e. The third kappa shape index (κ3) is 3.81. The van der Waals surface area contributed by atoms with Crippen LogP contribution >= 0.6 is 11.6 Å². The first kappa shape index (κ1) is 15.9. The first-order chi connectivity index (χ1) is 9.79. The standard InChI is InChI=1S/C14H16ClF3N2O/c1-9(13(21)20-6-2-3-7-20)19-10-4-5-12(15)11(8-10)14(16,17)18/h4-5,8-9,19H,2-3,6-7H2,1H3. The molecule has 1 unspecified atom stereocenters. The molecule has 1 aliphatic rings. The van der Waals surface area contributed by atoms with Gasteiger partial charge in [-0.15, -0.1) is 0 Å². The summed E-state index contributed by atoms with van der Waals surface area (Å²) in [5.41, 5.74) is -0.679. The van der Waals surface area contributed by atoms with Crippen molar-refractivity contribution < 1.29 is 18.0 Å². The van der Waals surface area contributed by atoms with Crippen molar-refractivity contribution in [2.24, 2.45) is 0 Å². The summed E-state index contributed by atoms with van der Waals surface area (Å²) in [6.07, 6.45) is -2.58. The average molecular weight is 321 g/mol. The lowest BCUT2D eigenvalue weighted by atomic mass is 10.1. The first-order valence-corrected chi connectivity index (χ1v) is 7.09. The second kappa shape index (κ2) is 6.13. The van der Waals surface area contributed by atoms with E-state index in [1.54, 1.807) is 11.8 Å². The van der Waals surface area contributed by atoms with Crippen LogP contribution < -0.4 is 5.32 Å². The minimum Gasteiger partial charge on any atom is -0.374 e. The number of benzene rings is 1. The number of carbonyl (C=O) groups is 1. The fourth-order valence-electron chi connectivity index (χ4n) is 2.36. The molecular weight excluding hydrogens is 305 g/mol. The van der Waals surface area contributed by atoms with E-state index < -0.39 is 17.8 Å². The molecule has 1 fully saturated rings. The molecule has 1 heterocycles. The predicted molar refractivity (Wildman–Crippen MR) is 75.4 cm³/mol. The maximum absolute atomic E-state index is 12.8. The largest absolute Gasteiger partial charge is 0.417 e. The van der Waals surface area contributed by atoms with Crippen molar-refractivity contribution in [3.05, 3.63) is 28.8 Å². The van der Waals surface area contributed by atoms with Crippen molar-refractivity contribution in [1.82, 2.24) is 4.90 Å². The molecule has 1 saturated heterocycles. The number of likely N-dealkylation sites (tertiary alicyclic amines) is 1. The number of hydrogen-bond acceptors (Lipinski definition) is 2. The molecule has 0 aromatic heterocycles. The second-order valence-corrected chi connectivity index (χ2v) is 5.50. The molecule has 21 heavy (non-hydrogen) atoms. The van der Waals surface area contributed by atoms with Gasteiger partial charge in [-0.25, -0.2) is 0 Å². The number of nitrogens with zero attached hydrogens (tertiary/aromatic N) is 1. The van der Waals surface area contributed by atoms with Crippen molar-refractivity contribution >= 4 is 23.2 Å². The maximum atomic E-state index is 12.8. The van der Waals surface area contributed by atoms with Gasteiger partial charge >= 0.3 is 6.18 Å². The molecule has 7 heteroatoms. The number of halogens is 4. The van der Waals surface area contributed by atoms with Crippen molar-refractivity contribution in [2.45, 2.75) is 32.0 Å². The van der Waals surface area contributed by atoms with Gasteiger partial charge in [0.05, 0.1) is 10.6 Å². The highest BCUT2D eigenvalue weighted by atomic mass is 35.5. The van der Waals surface area contributed by atoms with Gasteiger partial charge in [0.2, 0.25) is 5.91 Å². The molecule has 0 radical (unpaired) electrons. The lowest BCUT2D eigenvalue weighted by Gasteiger charge is -2.22. The third-order valence-corrected chi connectivity index (χ3v) is 3.77. The van der Waals surface area contributed by atoms with Crippen molar-refractivity contribution in [2.75, 3.05) is 18.4 Å². The van der Waals surface area contributed by atoms with E-state index in [2.05, 4.69) is 5.32 Å². The van der Waals surface area contributed by atoms with E-state index in [9.17, 15) is 18.0 Å². The van der Waals surface area contributed by atoms with Crippen molar-refractivity contribution in [3.63, 3.8) is 0 Å². The Labute approximate surface area is 126 Å². The van der Waals surface area contributed by atoms with Gasteiger partial charge in [-0.05, 0) is 38.0 Å². The topological polar surface area (TPSA) is 32.3 Å². The Morgan fingerprint density at radius 2 is 1.95 bits per heavy atom. The lowest BCUT2D eigenvalue weighted by Crippen LogP contribution is -2.39. The van der Waals surface area contributed by atoms with Crippen LogP contribution in [0.2, 0.25) is 5.02 Å². The van der Waals surface area contributed by atoms with Crippen LogP contribution in [0.25, 0.3) is 0 Å². The Balaban J connectivity index is 2.10. The zero-order valence-electron chi connectivity index (χ0n) is 11.5. The minimum atomic E-state index is -4.52. The number of carbonyl (C=O) groups excluding carboxylic acids is 1. The monoisotopic (exact) mass is 320 g/mol. The number of rotatable bonds is 3. The van der Waals surface area contributed by atoms with Crippen molar-refractivity contribution in [1.29, 1.82) is 0 Å². The van der Waals surface area contributed by atoms with E-state index in [0.29, 0.717) is 13.1 Å². The lowest BCUT2D eigenvalue weighted by molar-refractivity contribution is -0.137. The van der Waals surface area contributed by atoms with E-state index >= 15 is 0 Å². The summed E-state index contributed by atoms with van der Waals surface area (Å²) < 4.78 is 38.3. The van der Waals surface area contributed by atoms with E-state index in [-0.39, 0.29) is 16.6 Å². The van der Waals surface area contributed by atoms with E-state index in [1.165, 1.54) is 12.1 Å². The van der Waals surface area contributed by atoms with Crippen LogP contribution in [-0.4, -0.2) is 29.9 Å². The molecule has 3 nitrogen and oxygen atoms in total. The predicted octanol–water partition coefficient (Wildman–Crippen LogP) is 3.78. The molecule has 1 amide bonds. The molecule has 116 valence electrons. The maximum Gasteiger partial charge on any atom is 0.417 e. The summed E-state index contributed by atoms with van der Waals surface area (Å²) in [5, 5.41) is 2.45. The molecule has 1 aromatic carbocycles. The molecule has 0 bridgehead atoms. The summed E-state index contributed by atoms with van der Waals surface area (Å²) in [6, 6.07) is 2.96. The highest BCUT2D eigenvalue weighted by Gasteiger charge is 2.33. The van der Waals surface area contributed by atoms with Gasteiger partial charge in [0.25, 0.3) is 0 Å². The highest BCUT2D eigenvalue weighted by molar-refractivity contribution is 6.31. The Morgan fingerprint density at radius 3 is 2.52 bits per heavy atom. The molecule has 0 spiro atoms. The zero-order chi connectivity index (χ0) is 15.6. The highest BCUT2D eigenvalue weighted by Crippen LogP contribution is 2.36.